The average Bonchev–Trinajstić information content (AvgIpc) is 3.21. The van der Waals surface area contributed by atoms with E-state index in [-0.39, 0.29) is 5.91 Å². The second kappa shape index (κ2) is 8.13. The number of amides is 1. The van der Waals surface area contributed by atoms with E-state index >= 15 is 0 Å². The number of fused-ring (bicyclic) bond motifs is 2. The van der Waals surface area contributed by atoms with Gasteiger partial charge in [0.05, 0.1) is 11.4 Å². The summed E-state index contributed by atoms with van der Waals surface area (Å²) in [5.74, 6) is 1.38. The van der Waals surface area contributed by atoms with Gasteiger partial charge in [-0.15, -0.1) is 0 Å². The lowest BCUT2D eigenvalue weighted by atomic mass is 9.89. The van der Waals surface area contributed by atoms with Crippen molar-refractivity contribution in [2.24, 2.45) is 5.92 Å². The van der Waals surface area contributed by atoms with Crippen LogP contribution in [0.4, 0.5) is 5.82 Å². The van der Waals surface area contributed by atoms with Crippen LogP contribution in [0.2, 0.25) is 0 Å². The van der Waals surface area contributed by atoms with Crippen LogP contribution in [-0.4, -0.2) is 34.3 Å². The van der Waals surface area contributed by atoms with E-state index < -0.39 is 0 Å². The maximum atomic E-state index is 12.2. The second-order valence-electron chi connectivity index (χ2n) is 7.94. The summed E-state index contributed by atoms with van der Waals surface area (Å²) >= 11 is 0. The standard InChI is InChI=1S/C21H29N5O/c22-20-14-18(25-26(20)19-6-2-1-3-7-19)5-4-10-23-21(27)13-15-11-16-8-9-17(12-15)24-16/h1-3,6-7,14-17,24H,4-5,8-13,22H2,(H,23,27). The zero-order valence-corrected chi connectivity index (χ0v) is 15.7. The molecular formula is C21H29N5O. The molecule has 0 aliphatic carbocycles. The Morgan fingerprint density at radius 3 is 2.70 bits per heavy atom. The van der Waals surface area contributed by atoms with E-state index in [1.54, 1.807) is 4.68 Å². The van der Waals surface area contributed by atoms with Crippen molar-refractivity contribution < 1.29 is 4.79 Å². The minimum Gasteiger partial charge on any atom is -0.384 e. The minimum absolute atomic E-state index is 0.190. The summed E-state index contributed by atoms with van der Waals surface area (Å²) in [5, 5.41) is 11.3. The smallest absolute Gasteiger partial charge is 0.220 e. The highest BCUT2D eigenvalue weighted by Crippen LogP contribution is 2.32. The molecule has 2 unspecified atom stereocenters. The number of rotatable bonds is 7. The molecule has 0 saturated carbocycles. The molecule has 2 fully saturated rings. The molecule has 6 heteroatoms. The molecule has 3 heterocycles. The van der Waals surface area contributed by atoms with Crippen molar-refractivity contribution in [1.29, 1.82) is 0 Å². The summed E-state index contributed by atoms with van der Waals surface area (Å²) in [6.07, 6.45) is 7.21. The molecule has 2 atom stereocenters. The van der Waals surface area contributed by atoms with Gasteiger partial charge in [-0.2, -0.15) is 5.10 Å². The molecule has 6 nitrogen and oxygen atoms in total. The van der Waals surface area contributed by atoms with E-state index in [9.17, 15) is 4.79 Å². The van der Waals surface area contributed by atoms with Gasteiger partial charge in [-0.05, 0) is 56.6 Å². The lowest BCUT2D eigenvalue weighted by Gasteiger charge is -2.28. The summed E-state index contributed by atoms with van der Waals surface area (Å²) in [7, 11) is 0. The Morgan fingerprint density at radius 2 is 1.96 bits per heavy atom. The molecule has 0 spiro atoms. The molecule has 2 aliphatic rings. The maximum Gasteiger partial charge on any atom is 0.220 e. The van der Waals surface area contributed by atoms with Gasteiger partial charge in [0.25, 0.3) is 0 Å². The first-order chi connectivity index (χ1) is 13.2. The summed E-state index contributed by atoms with van der Waals surface area (Å²) in [5.41, 5.74) is 8.01. The van der Waals surface area contributed by atoms with Crippen molar-refractivity contribution in [3.8, 4) is 5.69 Å². The predicted molar refractivity (Wildman–Crippen MR) is 107 cm³/mol. The first kappa shape index (κ1) is 18.0. The molecule has 27 heavy (non-hydrogen) atoms. The Hall–Kier alpha value is -2.34. The number of hydrogen-bond acceptors (Lipinski definition) is 4. The van der Waals surface area contributed by atoms with Gasteiger partial charge in [0.1, 0.15) is 5.82 Å². The third kappa shape index (κ3) is 4.50. The number of nitrogen functional groups attached to an aromatic ring is 1. The van der Waals surface area contributed by atoms with Crippen LogP contribution < -0.4 is 16.4 Å². The Balaban J connectivity index is 1.20. The molecule has 144 valence electrons. The van der Waals surface area contributed by atoms with Crippen LogP contribution in [0.15, 0.2) is 36.4 Å². The maximum absolute atomic E-state index is 12.2. The summed E-state index contributed by atoms with van der Waals surface area (Å²) < 4.78 is 1.76. The fraction of sp³-hybridized carbons (Fsp3) is 0.524. The van der Waals surface area contributed by atoms with Crippen LogP contribution in [-0.2, 0) is 11.2 Å². The van der Waals surface area contributed by atoms with Gasteiger partial charge in [-0.1, -0.05) is 18.2 Å². The molecule has 2 bridgehead atoms. The van der Waals surface area contributed by atoms with E-state index in [0.29, 0.717) is 36.8 Å². The number of carbonyl (C=O) groups is 1. The zero-order valence-electron chi connectivity index (χ0n) is 15.7. The molecule has 2 aromatic rings. The zero-order chi connectivity index (χ0) is 18.6. The number of anilines is 1. The number of carbonyl (C=O) groups excluding carboxylic acids is 1. The first-order valence-electron chi connectivity index (χ1n) is 10.1. The van der Waals surface area contributed by atoms with Crippen LogP contribution >= 0.6 is 0 Å². The van der Waals surface area contributed by atoms with Crippen molar-refractivity contribution in [3.05, 3.63) is 42.1 Å². The van der Waals surface area contributed by atoms with Crippen molar-refractivity contribution in [2.45, 2.75) is 57.0 Å². The Kier molecular flexibility index (Phi) is 5.43. The number of hydrogen-bond donors (Lipinski definition) is 3. The van der Waals surface area contributed by atoms with E-state index in [0.717, 1.165) is 37.1 Å². The third-order valence-corrected chi connectivity index (χ3v) is 5.76. The molecule has 1 aromatic heterocycles. The summed E-state index contributed by atoms with van der Waals surface area (Å²) in [6, 6.07) is 13.1. The Bertz CT molecular complexity index is 760. The fourth-order valence-corrected chi connectivity index (χ4v) is 4.52. The van der Waals surface area contributed by atoms with Crippen LogP contribution in [0, 0.1) is 5.92 Å². The van der Waals surface area contributed by atoms with E-state index in [4.69, 9.17) is 5.73 Å². The van der Waals surface area contributed by atoms with Crippen molar-refractivity contribution >= 4 is 11.7 Å². The van der Waals surface area contributed by atoms with Gasteiger partial charge >= 0.3 is 0 Å². The molecule has 2 saturated heterocycles. The highest BCUT2D eigenvalue weighted by atomic mass is 16.1. The predicted octanol–water partition coefficient (Wildman–Crippen LogP) is 2.42. The van der Waals surface area contributed by atoms with Crippen LogP contribution in [0.1, 0.15) is 44.2 Å². The SMILES string of the molecule is Nc1cc(CCCNC(=O)CC2CC3CCC(C2)N3)nn1-c1ccccc1. The van der Waals surface area contributed by atoms with E-state index in [2.05, 4.69) is 15.7 Å². The number of nitrogens with one attached hydrogen (secondary N) is 2. The number of piperidine rings is 1. The first-order valence-corrected chi connectivity index (χ1v) is 10.1. The molecule has 0 radical (unpaired) electrons. The van der Waals surface area contributed by atoms with Crippen molar-refractivity contribution in [2.75, 3.05) is 12.3 Å². The minimum atomic E-state index is 0.190. The van der Waals surface area contributed by atoms with Crippen LogP contribution in [0.5, 0.6) is 0 Å². The Morgan fingerprint density at radius 1 is 1.22 bits per heavy atom. The summed E-state index contributed by atoms with van der Waals surface area (Å²) in [4.78, 5) is 12.2. The fourth-order valence-electron chi connectivity index (χ4n) is 4.52. The second-order valence-corrected chi connectivity index (χ2v) is 7.94. The molecule has 1 amide bonds. The Labute approximate surface area is 160 Å². The molecule has 1 aromatic carbocycles. The number of aryl methyl sites for hydroxylation is 1. The highest BCUT2D eigenvalue weighted by Gasteiger charge is 2.34. The van der Waals surface area contributed by atoms with Crippen molar-refractivity contribution in [1.82, 2.24) is 20.4 Å². The number of para-hydroxylation sites is 1. The molecule has 4 N–H and O–H groups in total. The number of nitrogens with two attached hydrogens (primary N) is 1. The number of aromatic nitrogens is 2. The van der Waals surface area contributed by atoms with Crippen molar-refractivity contribution in [3.63, 3.8) is 0 Å². The van der Waals surface area contributed by atoms with Gasteiger partial charge in [0.15, 0.2) is 0 Å². The van der Waals surface area contributed by atoms with Gasteiger partial charge in [0, 0.05) is 31.1 Å². The van der Waals surface area contributed by atoms with Crippen LogP contribution in [0.25, 0.3) is 5.69 Å². The molecule has 2 aliphatic heterocycles. The quantitative estimate of drug-likeness (QED) is 0.656. The van der Waals surface area contributed by atoms with Crippen LogP contribution in [0.3, 0.4) is 0 Å². The van der Waals surface area contributed by atoms with Gasteiger partial charge in [0.2, 0.25) is 5.91 Å². The molecular weight excluding hydrogens is 338 g/mol. The monoisotopic (exact) mass is 367 g/mol. The van der Waals surface area contributed by atoms with Gasteiger partial charge in [-0.3, -0.25) is 4.79 Å². The van der Waals surface area contributed by atoms with E-state index in [1.165, 1.54) is 12.8 Å². The lowest BCUT2D eigenvalue weighted by Crippen LogP contribution is -2.39. The number of nitrogens with zero attached hydrogens (tertiary/aromatic N) is 2. The normalized spacial score (nSPS) is 24.1. The number of benzene rings is 1. The van der Waals surface area contributed by atoms with Gasteiger partial charge < -0.3 is 16.4 Å². The molecule has 4 rings (SSSR count). The topological polar surface area (TPSA) is 85.0 Å². The lowest BCUT2D eigenvalue weighted by molar-refractivity contribution is -0.122. The van der Waals surface area contributed by atoms with Gasteiger partial charge in [-0.25, -0.2) is 4.68 Å². The summed E-state index contributed by atoms with van der Waals surface area (Å²) in [6.45, 7) is 0.689. The third-order valence-electron chi connectivity index (χ3n) is 5.76. The average molecular weight is 367 g/mol. The van der Waals surface area contributed by atoms with E-state index in [1.807, 2.05) is 36.4 Å². The largest absolute Gasteiger partial charge is 0.384 e. The highest BCUT2D eigenvalue weighted by molar-refractivity contribution is 5.76.